The normalized spacial score (nSPS) is 13.8. The van der Waals surface area contributed by atoms with Crippen LogP contribution < -0.4 is 15.4 Å². The number of aryl methyl sites for hydroxylation is 2. The highest BCUT2D eigenvalue weighted by atomic mass is 32.2. The van der Waals surface area contributed by atoms with E-state index in [4.69, 9.17) is 9.47 Å². The van der Waals surface area contributed by atoms with Gasteiger partial charge in [0.1, 0.15) is 5.75 Å². The van der Waals surface area contributed by atoms with Crippen LogP contribution in [-0.4, -0.2) is 78.5 Å². The second-order valence-electron chi connectivity index (χ2n) is 10.3. The summed E-state index contributed by atoms with van der Waals surface area (Å²) in [7, 11) is -2.12. The Hall–Kier alpha value is -4.24. The Morgan fingerprint density at radius 1 is 1.00 bits per heavy atom. The summed E-state index contributed by atoms with van der Waals surface area (Å²) in [5, 5.41) is 14.9. The van der Waals surface area contributed by atoms with Crippen LogP contribution in [0.15, 0.2) is 76.8 Å². The lowest BCUT2D eigenvalue weighted by Crippen LogP contribution is -2.40. The number of carbonyl (C=O) groups is 2. The van der Waals surface area contributed by atoms with Gasteiger partial charge in [0.2, 0.25) is 15.9 Å². The molecule has 5 rings (SSSR count). The molecule has 1 fully saturated rings. The van der Waals surface area contributed by atoms with Crippen LogP contribution in [0.2, 0.25) is 0 Å². The van der Waals surface area contributed by atoms with Gasteiger partial charge in [-0.05, 0) is 67.4 Å². The molecule has 0 atom stereocenters. The van der Waals surface area contributed by atoms with Crippen LogP contribution in [0.25, 0.3) is 5.69 Å². The van der Waals surface area contributed by atoms with Gasteiger partial charge in [-0.1, -0.05) is 36.0 Å². The molecule has 2 N–H and O–H groups in total. The van der Waals surface area contributed by atoms with Crippen LogP contribution >= 0.6 is 11.8 Å². The molecule has 2 heterocycles. The molecule has 45 heavy (non-hydrogen) atoms. The molecule has 4 aromatic rings. The number of ether oxygens (including phenoxy) is 2. The number of amides is 2. The highest BCUT2D eigenvalue weighted by molar-refractivity contribution is 7.99. The molecule has 0 bridgehead atoms. The number of aromatic nitrogens is 3. The summed E-state index contributed by atoms with van der Waals surface area (Å²) in [5.41, 5.74) is 3.69. The Labute approximate surface area is 266 Å². The number of anilines is 1. The lowest BCUT2D eigenvalue weighted by molar-refractivity contribution is -0.113. The summed E-state index contributed by atoms with van der Waals surface area (Å²) >= 11 is 1.21. The molecular weight excluding hydrogens is 617 g/mol. The standard InChI is InChI=1S/C31H34N6O6S2/c1-21-8-9-22(2)25(18-21)33-29(38)20-44-31-35-34-28(37(31)26-6-4-5-7-27(26)42-3)19-32-30(39)23-10-12-24(13-11-23)45(40,41)36-14-16-43-17-15-36/h4-13,18H,14-17,19-20H2,1-3H3,(H,32,39)(H,33,38). The van der Waals surface area contributed by atoms with E-state index in [0.717, 1.165) is 16.8 Å². The highest BCUT2D eigenvalue weighted by Gasteiger charge is 2.26. The highest BCUT2D eigenvalue weighted by Crippen LogP contribution is 2.29. The Kier molecular flexibility index (Phi) is 10.2. The predicted molar refractivity (Wildman–Crippen MR) is 170 cm³/mol. The van der Waals surface area contributed by atoms with E-state index in [1.54, 1.807) is 17.7 Å². The van der Waals surface area contributed by atoms with E-state index in [-0.39, 0.29) is 41.8 Å². The van der Waals surface area contributed by atoms with Crippen molar-refractivity contribution in [2.75, 3.05) is 44.5 Å². The minimum atomic E-state index is -3.68. The van der Waals surface area contributed by atoms with Gasteiger partial charge in [0.25, 0.3) is 5.91 Å². The van der Waals surface area contributed by atoms with Crippen LogP contribution in [-0.2, 0) is 26.1 Å². The van der Waals surface area contributed by atoms with Gasteiger partial charge in [-0.2, -0.15) is 4.31 Å². The monoisotopic (exact) mass is 650 g/mol. The Balaban J connectivity index is 1.31. The number of rotatable bonds is 11. The first-order valence-corrected chi connectivity index (χ1v) is 16.6. The maximum atomic E-state index is 13.1. The third kappa shape index (κ3) is 7.53. The van der Waals surface area contributed by atoms with E-state index in [0.29, 0.717) is 35.6 Å². The van der Waals surface area contributed by atoms with Crippen molar-refractivity contribution >= 4 is 39.3 Å². The second kappa shape index (κ2) is 14.2. The smallest absolute Gasteiger partial charge is 0.251 e. The topological polar surface area (TPSA) is 145 Å². The fourth-order valence-electron chi connectivity index (χ4n) is 4.73. The number of nitrogens with zero attached hydrogens (tertiary/aromatic N) is 4. The third-order valence-electron chi connectivity index (χ3n) is 7.16. The van der Waals surface area contributed by atoms with Crippen molar-refractivity contribution in [3.05, 3.63) is 89.2 Å². The lowest BCUT2D eigenvalue weighted by Gasteiger charge is -2.26. The zero-order chi connectivity index (χ0) is 32.0. The van der Waals surface area contributed by atoms with Crippen LogP contribution in [0, 0.1) is 13.8 Å². The average molecular weight is 651 g/mol. The van der Waals surface area contributed by atoms with Crippen LogP contribution in [0.3, 0.4) is 0 Å². The molecule has 0 saturated carbocycles. The molecule has 12 nitrogen and oxygen atoms in total. The van der Waals surface area contributed by atoms with Crippen molar-refractivity contribution in [3.8, 4) is 11.4 Å². The maximum Gasteiger partial charge on any atom is 0.251 e. The predicted octanol–water partition coefficient (Wildman–Crippen LogP) is 3.57. The number of sulfonamides is 1. The summed E-state index contributed by atoms with van der Waals surface area (Å²) < 4.78 is 39.8. The molecule has 1 aliphatic heterocycles. The van der Waals surface area contributed by atoms with Gasteiger partial charge in [0.15, 0.2) is 11.0 Å². The van der Waals surface area contributed by atoms with Gasteiger partial charge in [-0.3, -0.25) is 14.2 Å². The molecule has 0 aliphatic carbocycles. The summed E-state index contributed by atoms with van der Waals surface area (Å²) in [6.07, 6.45) is 0. The fourth-order valence-corrected chi connectivity index (χ4v) is 6.90. The van der Waals surface area contributed by atoms with Crippen molar-refractivity contribution < 1.29 is 27.5 Å². The van der Waals surface area contributed by atoms with Gasteiger partial charge < -0.3 is 20.1 Å². The summed E-state index contributed by atoms with van der Waals surface area (Å²) in [6.45, 7) is 5.17. The number of hydrogen-bond acceptors (Lipinski definition) is 9. The largest absolute Gasteiger partial charge is 0.495 e. The van der Waals surface area contributed by atoms with Gasteiger partial charge in [-0.25, -0.2) is 8.42 Å². The molecule has 1 aliphatic rings. The lowest BCUT2D eigenvalue weighted by atomic mass is 10.1. The molecule has 236 valence electrons. The minimum absolute atomic E-state index is 0.00690. The van der Waals surface area contributed by atoms with E-state index in [1.807, 2.05) is 50.2 Å². The Morgan fingerprint density at radius 3 is 2.47 bits per heavy atom. The Morgan fingerprint density at radius 2 is 1.73 bits per heavy atom. The van der Waals surface area contributed by atoms with Crippen LogP contribution in [0.4, 0.5) is 5.69 Å². The van der Waals surface area contributed by atoms with Crippen molar-refractivity contribution in [2.24, 2.45) is 0 Å². The first-order chi connectivity index (χ1) is 21.7. The van der Waals surface area contributed by atoms with Crippen molar-refractivity contribution in [3.63, 3.8) is 0 Å². The molecule has 14 heteroatoms. The third-order valence-corrected chi connectivity index (χ3v) is 10.00. The summed E-state index contributed by atoms with van der Waals surface area (Å²) in [6, 6.07) is 19.0. The first-order valence-electron chi connectivity index (χ1n) is 14.2. The van der Waals surface area contributed by atoms with Crippen molar-refractivity contribution in [1.29, 1.82) is 0 Å². The van der Waals surface area contributed by atoms with E-state index in [1.165, 1.54) is 40.3 Å². The van der Waals surface area contributed by atoms with E-state index in [9.17, 15) is 18.0 Å². The zero-order valence-electron chi connectivity index (χ0n) is 25.1. The number of nitrogens with one attached hydrogen (secondary N) is 2. The number of para-hydroxylation sites is 2. The fraction of sp³-hybridized carbons (Fsp3) is 0.290. The second-order valence-corrected chi connectivity index (χ2v) is 13.2. The molecule has 0 unspecified atom stereocenters. The van der Waals surface area contributed by atoms with E-state index in [2.05, 4.69) is 20.8 Å². The molecule has 1 saturated heterocycles. The minimum Gasteiger partial charge on any atom is -0.495 e. The van der Waals surface area contributed by atoms with Gasteiger partial charge in [0, 0.05) is 24.3 Å². The van der Waals surface area contributed by atoms with Gasteiger partial charge in [0.05, 0.1) is 43.2 Å². The number of benzene rings is 3. The van der Waals surface area contributed by atoms with E-state index < -0.39 is 15.9 Å². The van der Waals surface area contributed by atoms with Crippen molar-refractivity contribution in [2.45, 2.75) is 30.4 Å². The molecule has 0 radical (unpaired) electrons. The number of hydrogen-bond donors (Lipinski definition) is 2. The molecule has 1 aromatic heterocycles. The number of methoxy groups -OCH3 is 1. The summed E-state index contributed by atoms with van der Waals surface area (Å²) in [4.78, 5) is 26.0. The quantitative estimate of drug-likeness (QED) is 0.233. The van der Waals surface area contributed by atoms with Crippen LogP contribution in [0.5, 0.6) is 5.75 Å². The van der Waals surface area contributed by atoms with Gasteiger partial charge in [-0.15, -0.1) is 10.2 Å². The van der Waals surface area contributed by atoms with Crippen molar-refractivity contribution in [1.82, 2.24) is 24.4 Å². The Bertz CT molecular complexity index is 1790. The van der Waals surface area contributed by atoms with Crippen LogP contribution in [0.1, 0.15) is 27.3 Å². The maximum absolute atomic E-state index is 13.1. The van der Waals surface area contributed by atoms with E-state index >= 15 is 0 Å². The number of thioether (sulfide) groups is 1. The SMILES string of the molecule is COc1ccccc1-n1c(CNC(=O)c2ccc(S(=O)(=O)N3CCOCC3)cc2)nnc1SCC(=O)Nc1cc(C)ccc1C. The molecule has 0 spiro atoms. The number of carbonyl (C=O) groups excluding carboxylic acids is 2. The molecule has 2 amide bonds. The average Bonchev–Trinajstić information content (AvgIpc) is 3.47. The first kappa shape index (κ1) is 32.2. The summed E-state index contributed by atoms with van der Waals surface area (Å²) in [5.74, 6) is 0.437. The number of morpholine rings is 1. The zero-order valence-corrected chi connectivity index (χ0v) is 26.8. The molecule has 3 aromatic carbocycles. The van der Waals surface area contributed by atoms with Gasteiger partial charge >= 0.3 is 0 Å². The molecular formula is C31H34N6O6S2.